The van der Waals surface area contributed by atoms with Crippen molar-refractivity contribution in [3.63, 3.8) is 0 Å². The van der Waals surface area contributed by atoms with Gasteiger partial charge in [-0.1, -0.05) is 49.6 Å². The van der Waals surface area contributed by atoms with E-state index in [1.165, 1.54) is 11.0 Å². The lowest BCUT2D eigenvalue weighted by molar-refractivity contribution is -0.142. The fraction of sp³-hybridized carbons (Fsp3) is 0.467. The number of benzene rings is 2. The standard InChI is InChI=1S/C30H41ClN4O6/c1-7-8-9-15-35(28(39)22(17-24(32)37)33-29(40)41-30(4,5)6)26(20-13-14-23(36)19(3)16-20)27(38)34-25-18(2)11-10-12-21(25)31/h10-14,16,22,26,36H,7-9,15,17H2,1-6H3,(H2,32,37)(H,33,40)(H,34,38). The third-order valence-electron chi connectivity index (χ3n) is 6.25. The number of primary amides is 1. The molecule has 0 aliphatic carbocycles. The zero-order valence-corrected chi connectivity index (χ0v) is 25.3. The average Bonchev–Trinajstić information content (AvgIpc) is 2.85. The summed E-state index contributed by atoms with van der Waals surface area (Å²) < 4.78 is 5.31. The predicted molar refractivity (Wildman–Crippen MR) is 159 cm³/mol. The van der Waals surface area contributed by atoms with E-state index in [1.54, 1.807) is 65.0 Å². The van der Waals surface area contributed by atoms with Crippen LogP contribution in [0.15, 0.2) is 36.4 Å². The topological polar surface area (TPSA) is 151 Å². The number of nitrogens with one attached hydrogen (secondary N) is 2. The highest BCUT2D eigenvalue weighted by Crippen LogP contribution is 2.31. The number of phenols is 1. The molecule has 0 spiro atoms. The van der Waals surface area contributed by atoms with Gasteiger partial charge in [0.2, 0.25) is 11.8 Å². The monoisotopic (exact) mass is 588 g/mol. The summed E-state index contributed by atoms with van der Waals surface area (Å²) in [5.74, 6) is -2.04. The number of aryl methyl sites for hydroxylation is 2. The van der Waals surface area contributed by atoms with E-state index in [1.807, 2.05) is 6.92 Å². The molecular weight excluding hydrogens is 548 g/mol. The summed E-state index contributed by atoms with van der Waals surface area (Å²) in [4.78, 5) is 54.1. The molecule has 41 heavy (non-hydrogen) atoms. The molecule has 0 fully saturated rings. The van der Waals surface area contributed by atoms with Crippen molar-refractivity contribution in [2.24, 2.45) is 5.73 Å². The molecule has 0 aromatic heterocycles. The van der Waals surface area contributed by atoms with Crippen molar-refractivity contribution in [2.45, 2.75) is 84.9 Å². The summed E-state index contributed by atoms with van der Waals surface area (Å²) in [5.41, 5.74) is 6.62. The number of alkyl carbamates (subject to hydrolysis) is 1. The number of nitrogens with zero attached hydrogens (tertiary/aromatic N) is 1. The summed E-state index contributed by atoms with van der Waals surface area (Å²) >= 11 is 6.39. The molecule has 0 aliphatic heterocycles. The molecule has 2 unspecified atom stereocenters. The highest BCUT2D eigenvalue weighted by molar-refractivity contribution is 6.34. The minimum Gasteiger partial charge on any atom is -0.508 e. The molecule has 10 nitrogen and oxygen atoms in total. The SMILES string of the molecule is CCCCCN(C(=O)C(CC(N)=O)NC(=O)OC(C)(C)C)C(C(=O)Nc1c(C)cccc1Cl)c1ccc(O)c(C)c1. The number of rotatable bonds is 12. The van der Waals surface area contributed by atoms with Crippen LogP contribution in [-0.2, 0) is 19.1 Å². The van der Waals surface area contributed by atoms with Crippen LogP contribution < -0.4 is 16.4 Å². The first-order valence-corrected chi connectivity index (χ1v) is 14.0. The zero-order valence-electron chi connectivity index (χ0n) is 24.5. The Morgan fingerprint density at radius 3 is 2.32 bits per heavy atom. The van der Waals surface area contributed by atoms with Crippen molar-refractivity contribution in [3.05, 3.63) is 58.1 Å². The Kier molecular flexibility index (Phi) is 12.0. The maximum atomic E-state index is 14.1. The Bertz CT molecular complexity index is 1240. The van der Waals surface area contributed by atoms with Gasteiger partial charge in [-0.25, -0.2) is 4.79 Å². The lowest BCUT2D eigenvalue weighted by atomic mass is 9.99. The second-order valence-electron chi connectivity index (χ2n) is 11.0. The third kappa shape index (κ3) is 9.97. The number of hydrogen-bond acceptors (Lipinski definition) is 6. The van der Waals surface area contributed by atoms with Crippen LogP contribution in [0.5, 0.6) is 5.75 Å². The Morgan fingerprint density at radius 2 is 1.76 bits per heavy atom. The summed E-state index contributed by atoms with van der Waals surface area (Å²) in [6.07, 6.45) is 0.741. The maximum absolute atomic E-state index is 14.1. The maximum Gasteiger partial charge on any atom is 0.408 e. The van der Waals surface area contributed by atoms with Gasteiger partial charge in [-0.15, -0.1) is 0 Å². The highest BCUT2D eigenvalue weighted by atomic mass is 35.5. The molecular formula is C30H41ClN4O6. The van der Waals surface area contributed by atoms with Crippen molar-refractivity contribution in [1.29, 1.82) is 0 Å². The fourth-order valence-electron chi connectivity index (χ4n) is 4.25. The van der Waals surface area contributed by atoms with Crippen LogP contribution in [0.1, 0.15) is 76.1 Å². The van der Waals surface area contributed by atoms with Gasteiger partial charge in [-0.05, 0) is 75.9 Å². The van der Waals surface area contributed by atoms with Gasteiger partial charge in [-0.3, -0.25) is 14.4 Å². The summed E-state index contributed by atoms with van der Waals surface area (Å²) in [5, 5.41) is 15.8. The molecule has 5 N–H and O–H groups in total. The van der Waals surface area contributed by atoms with Crippen LogP contribution >= 0.6 is 11.6 Å². The van der Waals surface area contributed by atoms with Crippen molar-refractivity contribution < 1.29 is 29.0 Å². The first-order valence-electron chi connectivity index (χ1n) is 13.6. The number of carbonyl (C=O) groups excluding carboxylic acids is 4. The second-order valence-corrected chi connectivity index (χ2v) is 11.4. The zero-order chi connectivity index (χ0) is 30.9. The Labute approximate surface area is 246 Å². The van der Waals surface area contributed by atoms with Crippen molar-refractivity contribution in [3.8, 4) is 5.75 Å². The van der Waals surface area contributed by atoms with E-state index in [2.05, 4.69) is 10.6 Å². The van der Waals surface area contributed by atoms with Crippen molar-refractivity contribution >= 4 is 41.1 Å². The fourth-order valence-corrected chi connectivity index (χ4v) is 4.52. The molecule has 0 heterocycles. The number of halogens is 1. The lowest BCUT2D eigenvalue weighted by Gasteiger charge is -2.34. The van der Waals surface area contributed by atoms with Crippen LogP contribution in [0.25, 0.3) is 0 Å². The number of unbranched alkanes of at least 4 members (excludes halogenated alkanes) is 2. The van der Waals surface area contributed by atoms with E-state index in [9.17, 15) is 24.3 Å². The first kappa shape index (κ1) is 33.4. The molecule has 0 saturated heterocycles. The van der Waals surface area contributed by atoms with Gasteiger partial charge in [0.25, 0.3) is 5.91 Å². The highest BCUT2D eigenvalue weighted by Gasteiger charge is 2.37. The molecule has 0 bridgehead atoms. The van der Waals surface area contributed by atoms with Gasteiger partial charge >= 0.3 is 6.09 Å². The van der Waals surface area contributed by atoms with Gasteiger partial charge in [0, 0.05) is 6.54 Å². The molecule has 2 aromatic carbocycles. The Hall–Kier alpha value is -3.79. The average molecular weight is 589 g/mol. The molecule has 224 valence electrons. The van der Waals surface area contributed by atoms with E-state index in [4.69, 9.17) is 22.1 Å². The minimum absolute atomic E-state index is 0.0249. The second kappa shape index (κ2) is 14.7. The molecule has 4 amide bonds. The Balaban J connectivity index is 2.63. The minimum atomic E-state index is -1.39. The summed E-state index contributed by atoms with van der Waals surface area (Å²) in [6, 6.07) is 7.21. The summed E-state index contributed by atoms with van der Waals surface area (Å²) in [6.45, 7) is 10.6. The van der Waals surface area contributed by atoms with Gasteiger partial charge in [0.05, 0.1) is 17.1 Å². The first-order chi connectivity index (χ1) is 19.1. The van der Waals surface area contributed by atoms with Gasteiger partial charge < -0.3 is 31.1 Å². The molecule has 2 atom stereocenters. The number of hydrogen-bond donors (Lipinski definition) is 4. The normalized spacial score (nSPS) is 12.7. The number of anilines is 1. The van der Waals surface area contributed by atoms with E-state index in [0.29, 0.717) is 33.8 Å². The van der Waals surface area contributed by atoms with Gasteiger partial charge in [0.15, 0.2) is 0 Å². The predicted octanol–water partition coefficient (Wildman–Crippen LogP) is 5.13. The van der Waals surface area contributed by atoms with Gasteiger partial charge in [0.1, 0.15) is 23.4 Å². The number of para-hydroxylation sites is 1. The van der Waals surface area contributed by atoms with Crippen LogP contribution in [0, 0.1) is 13.8 Å². The van der Waals surface area contributed by atoms with Crippen LogP contribution in [0.2, 0.25) is 5.02 Å². The van der Waals surface area contributed by atoms with E-state index in [0.717, 1.165) is 12.8 Å². The molecule has 11 heteroatoms. The van der Waals surface area contributed by atoms with E-state index >= 15 is 0 Å². The number of carbonyl (C=O) groups is 4. The molecule has 0 radical (unpaired) electrons. The number of ether oxygens (including phenoxy) is 1. The number of aromatic hydroxyl groups is 1. The lowest BCUT2D eigenvalue weighted by Crippen LogP contribution is -2.53. The molecule has 0 aliphatic rings. The van der Waals surface area contributed by atoms with Gasteiger partial charge in [-0.2, -0.15) is 0 Å². The molecule has 2 aromatic rings. The largest absolute Gasteiger partial charge is 0.508 e. The smallest absolute Gasteiger partial charge is 0.408 e. The van der Waals surface area contributed by atoms with E-state index < -0.39 is 47.9 Å². The van der Waals surface area contributed by atoms with E-state index in [-0.39, 0.29) is 12.3 Å². The van der Waals surface area contributed by atoms with Crippen LogP contribution in [0.3, 0.4) is 0 Å². The molecule has 2 rings (SSSR count). The number of nitrogens with two attached hydrogens (primary N) is 1. The van der Waals surface area contributed by atoms with Crippen molar-refractivity contribution in [2.75, 3.05) is 11.9 Å². The number of amides is 4. The third-order valence-corrected chi connectivity index (χ3v) is 6.56. The van der Waals surface area contributed by atoms with Crippen LogP contribution in [-0.4, -0.2) is 52.0 Å². The quantitative estimate of drug-likeness (QED) is 0.252. The number of phenolic OH excluding ortho intramolecular Hbond substituents is 1. The van der Waals surface area contributed by atoms with Crippen molar-refractivity contribution in [1.82, 2.24) is 10.2 Å². The van der Waals surface area contributed by atoms with Crippen LogP contribution in [0.4, 0.5) is 10.5 Å². The molecule has 0 saturated carbocycles. The Morgan fingerprint density at radius 1 is 1.07 bits per heavy atom. The summed E-state index contributed by atoms with van der Waals surface area (Å²) in [7, 11) is 0.